The van der Waals surface area contributed by atoms with Gasteiger partial charge < -0.3 is 18.8 Å². The van der Waals surface area contributed by atoms with Crippen molar-refractivity contribution in [2.24, 2.45) is 0 Å². The Morgan fingerprint density at radius 2 is 0.415 bits per heavy atom. The van der Waals surface area contributed by atoms with Crippen LogP contribution in [-0.2, 0) is 0 Å². The second-order valence-corrected chi connectivity index (χ2v) is 33.0. The van der Waals surface area contributed by atoms with Crippen LogP contribution in [0.3, 0.4) is 0 Å². The van der Waals surface area contributed by atoms with Gasteiger partial charge in [0.25, 0.3) is 0 Å². The Morgan fingerprint density at radius 3 is 0.792 bits per heavy atom. The number of aromatic nitrogens is 1. The topological polar surface area (TPSA) is 24.6 Å². The van der Waals surface area contributed by atoms with E-state index in [1.165, 1.54) is 133 Å². The van der Waals surface area contributed by atoms with E-state index in [9.17, 15) is 0 Å². The SMILES string of the molecule is c1ccc(-c2ccc(-c3ccc(N(c4ccc(-c5ccc(-c6ccccc6)cc5)cc4)c4ccc(-c5ccc6c(c5)c5ccccc5n6-c5ccccc5)c(-c5ccccc5)c4)cc3)cc2)cc1.c1ccc(-c2ccc(-c3ccc(N(c4ccc(-c5ccc(-c6ccccc6)cc5)cc4)c4ccc(-c5cccc6c5oc5ccccc56)c(-c5ccccc5)c4)cc3)cc2)cc1. The minimum Gasteiger partial charge on any atom is -0.455 e. The fourth-order valence-corrected chi connectivity index (χ4v) is 18.5. The van der Waals surface area contributed by atoms with Gasteiger partial charge in [-0.05, 0) is 237 Å². The second kappa shape index (κ2) is 35.5. The first kappa shape index (κ1) is 78.8. The van der Waals surface area contributed by atoms with Crippen LogP contribution in [0.2, 0.25) is 0 Å². The van der Waals surface area contributed by atoms with Gasteiger partial charge in [-0.15, -0.1) is 0 Å². The molecule has 2 aromatic heterocycles. The lowest BCUT2D eigenvalue weighted by molar-refractivity contribution is 0.670. The van der Waals surface area contributed by atoms with Crippen LogP contribution < -0.4 is 9.80 Å². The van der Waals surface area contributed by atoms with Crippen molar-refractivity contribution in [2.45, 2.75) is 0 Å². The molecule has 0 saturated carbocycles. The van der Waals surface area contributed by atoms with Crippen molar-refractivity contribution in [1.82, 2.24) is 4.57 Å². The average molecular weight is 1660 g/mol. The van der Waals surface area contributed by atoms with Crippen LogP contribution in [0, 0.1) is 0 Å². The molecule has 0 N–H and O–H groups in total. The standard InChI is InChI=1S/C66H46N2.C60H41NO/c1-5-15-47(16-6-1)49-25-29-51(30-26-49)53-33-38-58(39-34-53)67(59-40-35-54(36-41-59)52-31-27-50(28-32-52)48-17-7-2-8-18-48)60-42-43-61(63(46-60)55-19-9-3-10-20-55)56-37-44-66-64(45-56)62-23-13-14-24-65(62)68(66)57-21-11-4-12-22-57;1-4-13-42(14-5-1)44-23-27-46(28-24-44)48-31-35-51(36-32-48)61(52-37-33-49(34-38-52)47-29-25-45(26-30-47)43-15-6-2-7-16-43)53-39-40-54(58(41-53)50-17-8-3-9-18-50)56-20-12-21-57-55-19-10-11-22-59(55)62-60(56)57/h1-46H;1-41H. The molecule has 0 spiro atoms. The van der Waals surface area contributed by atoms with E-state index in [0.717, 1.165) is 84.0 Å². The largest absolute Gasteiger partial charge is 0.455 e. The molecule has 130 heavy (non-hydrogen) atoms. The first-order chi connectivity index (χ1) is 64.4. The Bertz CT molecular complexity index is 7630. The van der Waals surface area contributed by atoms with Gasteiger partial charge in [0.05, 0.1) is 11.0 Å². The molecule has 0 aliphatic rings. The van der Waals surface area contributed by atoms with E-state index < -0.39 is 0 Å². The molecule has 0 amide bonds. The third-order valence-electron chi connectivity index (χ3n) is 25.2. The summed E-state index contributed by atoms with van der Waals surface area (Å²) in [6.45, 7) is 0. The molecule has 0 radical (unpaired) electrons. The van der Waals surface area contributed by atoms with E-state index in [2.05, 4.69) is 530 Å². The van der Waals surface area contributed by atoms with Gasteiger partial charge in [-0.3, -0.25) is 0 Å². The van der Waals surface area contributed by atoms with Gasteiger partial charge in [0.1, 0.15) is 11.2 Å². The smallest absolute Gasteiger partial charge is 0.143 e. The van der Waals surface area contributed by atoms with E-state index in [4.69, 9.17) is 4.42 Å². The van der Waals surface area contributed by atoms with Crippen molar-refractivity contribution < 1.29 is 4.42 Å². The van der Waals surface area contributed by atoms with Gasteiger partial charge in [-0.2, -0.15) is 0 Å². The molecular weight excluding hydrogens is 1570 g/mol. The summed E-state index contributed by atoms with van der Waals surface area (Å²) in [4.78, 5) is 4.75. The fraction of sp³-hybridized carbons (Fsp3) is 0. The highest BCUT2D eigenvalue weighted by atomic mass is 16.3. The molecule has 0 unspecified atom stereocenters. The minimum atomic E-state index is 0.894. The van der Waals surface area contributed by atoms with Crippen LogP contribution in [0.1, 0.15) is 0 Å². The van der Waals surface area contributed by atoms with Crippen molar-refractivity contribution in [2.75, 3.05) is 9.80 Å². The number of hydrogen-bond acceptors (Lipinski definition) is 3. The van der Waals surface area contributed by atoms with Gasteiger partial charge in [0.2, 0.25) is 0 Å². The van der Waals surface area contributed by atoms with Crippen molar-refractivity contribution in [1.29, 1.82) is 0 Å². The Labute approximate surface area is 758 Å². The summed E-state index contributed by atoms with van der Waals surface area (Å²) in [6.07, 6.45) is 0. The van der Waals surface area contributed by atoms with Gasteiger partial charge in [-0.25, -0.2) is 0 Å². The Morgan fingerprint density at radius 1 is 0.146 bits per heavy atom. The maximum absolute atomic E-state index is 6.59. The first-order valence-corrected chi connectivity index (χ1v) is 44.5. The number of nitrogens with zero attached hydrogens (tertiary/aromatic N) is 3. The predicted molar refractivity (Wildman–Crippen MR) is 549 cm³/mol. The third-order valence-corrected chi connectivity index (χ3v) is 25.2. The quantitative estimate of drug-likeness (QED) is 0.0806. The van der Waals surface area contributed by atoms with Gasteiger partial charge in [0, 0.05) is 66.9 Å². The predicted octanol–water partition coefficient (Wildman–Crippen LogP) is 35.3. The number of benzene rings is 21. The van der Waals surface area contributed by atoms with Crippen molar-refractivity contribution >= 4 is 77.9 Å². The maximum atomic E-state index is 6.59. The molecule has 2 heterocycles. The van der Waals surface area contributed by atoms with Crippen LogP contribution in [0.5, 0.6) is 0 Å². The highest BCUT2D eigenvalue weighted by Gasteiger charge is 2.24. The average Bonchev–Trinajstić information content (AvgIpc) is 1.58. The molecule has 4 nitrogen and oxygen atoms in total. The summed E-state index contributed by atoms with van der Waals surface area (Å²) < 4.78 is 8.97. The number of hydrogen-bond donors (Lipinski definition) is 0. The lowest BCUT2D eigenvalue weighted by Gasteiger charge is -2.27. The summed E-state index contributed by atoms with van der Waals surface area (Å²) in [5, 5.41) is 4.71. The minimum absolute atomic E-state index is 0.894. The lowest BCUT2D eigenvalue weighted by Crippen LogP contribution is -2.10. The van der Waals surface area contributed by atoms with Crippen LogP contribution in [0.25, 0.3) is 183 Å². The third kappa shape index (κ3) is 15.9. The molecule has 612 valence electrons. The van der Waals surface area contributed by atoms with Crippen LogP contribution >= 0.6 is 0 Å². The van der Waals surface area contributed by atoms with E-state index in [1.807, 2.05) is 12.1 Å². The highest BCUT2D eigenvalue weighted by Crippen LogP contribution is 2.48. The van der Waals surface area contributed by atoms with E-state index in [0.29, 0.717) is 0 Å². The molecule has 0 atom stereocenters. The number of rotatable bonds is 19. The molecule has 23 rings (SSSR count). The number of fused-ring (bicyclic) bond motifs is 6. The van der Waals surface area contributed by atoms with E-state index in [1.54, 1.807) is 0 Å². The number of anilines is 6. The Balaban J connectivity index is 0.000000153. The molecular formula is C126H87N3O. The van der Waals surface area contributed by atoms with Gasteiger partial charge in [0.15, 0.2) is 0 Å². The Kier molecular flexibility index (Phi) is 21.5. The maximum Gasteiger partial charge on any atom is 0.143 e. The molecule has 23 aromatic rings. The molecule has 0 aliphatic heterocycles. The zero-order valence-electron chi connectivity index (χ0n) is 71.5. The van der Waals surface area contributed by atoms with Gasteiger partial charge >= 0.3 is 0 Å². The normalized spacial score (nSPS) is 11.2. The summed E-state index contributed by atoms with van der Waals surface area (Å²) in [5.74, 6) is 0. The Hall–Kier alpha value is -17.2. The first-order valence-electron chi connectivity index (χ1n) is 44.5. The fourth-order valence-electron chi connectivity index (χ4n) is 18.5. The molecule has 21 aromatic carbocycles. The summed E-state index contributed by atoms with van der Waals surface area (Å²) in [6, 6.07) is 190. The van der Waals surface area contributed by atoms with Crippen LogP contribution in [0.15, 0.2) is 532 Å². The molecule has 0 saturated heterocycles. The monoisotopic (exact) mass is 1660 g/mol. The molecule has 0 bridgehead atoms. The molecule has 4 heteroatoms. The summed E-state index contributed by atoms with van der Waals surface area (Å²) in [5.41, 5.74) is 40.1. The molecule has 0 fully saturated rings. The zero-order valence-corrected chi connectivity index (χ0v) is 71.5. The van der Waals surface area contributed by atoms with Crippen LogP contribution in [0.4, 0.5) is 34.1 Å². The summed E-state index contributed by atoms with van der Waals surface area (Å²) >= 11 is 0. The van der Waals surface area contributed by atoms with E-state index >= 15 is 0 Å². The van der Waals surface area contributed by atoms with Gasteiger partial charge in [-0.1, -0.05) is 419 Å². The van der Waals surface area contributed by atoms with Crippen molar-refractivity contribution in [3.05, 3.63) is 528 Å². The highest BCUT2D eigenvalue weighted by molar-refractivity contribution is 6.12. The van der Waals surface area contributed by atoms with Crippen molar-refractivity contribution in [3.8, 4) is 139 Å². The second-order valence-electron chi connectivity index (χ2n) is 33.0. The number of furan rings is 1. The van der Waals surface area contributed by atoms with E-state index in [-0.39, 0.29) is 0 Å². The zero-order chi connectivity index (χ0) is 86.5. The molecule has 0 aliphatic carbocycles. The lowest BCUT2D eigenvalue weighted by atomic mass is 9.92. The summed E-state index contributed by atoms with van der Waals surface area (Å²) in [7, 11) is 0. The van der Waals surface area contributed by atoms with Crippen molar-refractivity contribution in [3.63, 3.8) is 0 Å². The van der Waals surface area contributed by atoms with Crippen LogP contribution in [-0.4, -0.2) is 4.57 Å². The number of para-hydroxylation sites is 4.